The summed E-state index contributed by atoms with van der Waals surface area (Å²) in [4.78, 5) is 4.29. The molecule has 2 atom stereocenters. The predicted molar refractivity (Wildman–Crippen MR) is 117 cm³/mol. The first-order valence-corrected chi connectivity index (χ1v) is 11.4. The number of hydrogen-bond donors (Lipinski definition) is 1. The highest BCUT2D eigenvalue weighted by Gasteiger charge is 2.46. The van der Waals surface area contributed by atoms with Gasteiger partial charge >= 0.3 is 6.18 Å². The molecule has 0 aliphatic heterocycles. The van der Waals surface area contributed by atoms with Crippen LogP contribution in [0.4, 0.5) is 17.6 Å². The summed E-state index contributed by atoms with van der Waals surface area (Å²) in [6.07, 6.45) is -3.64. The Bertz CT molecular complexity index is 1120. The van der Waals surface area contributed by atoms with Crippen molar-refractivity contribution in [1.82, 2.24) is 14.9 Å². The zero-order chi connectivity index (χ0) is 24.6. The second kappa shape index (κ2) is 9.25. The minimum Gasteiger partial charge on any atom is -0.598 e. The van der Waals surface area contributed by atoms with Crippen LogP contribution in [0, 0.1) is 12.7 Å². The summed E-state index contributed by atoms with van der Waals surface area (Å²) in [5.74, 6) is -0.823. The summed E-state index contributed by atoms with van der Waals surface area (Å²) < 4.78 is 75.9. The molecule has 11 heteroatoms. The quantitative estimate of drug-likeness (QED) is 0.343. The Morgan fingerprint density at radius 3 is 2.27 bits per heavy atom. The van der Waals surface area contributed by atoms with E-state index >= 15 is 0 Å². The molecule has 1 N–H and O–H groups in total. The van der Waals surface area contributed by atoms with Gasteiger partial charge in [0.25, 0.3) is 0 Å². The van der Waals surface area contributed by atoms with Gasteiger partial charge in [0, 0.05) is 30.0 Å². The van der Waals surface area contributed by atoms with E-state index in [2.05, 4.69) is 14.9 Å². The topological polar surface area (TPSA) is 74.0 Å². The molecule has 3 rings (SSSR count). The third-order valence-corrected chi connectivity index (χ3v) is 6.69. The molecule has 2 heterocycles. The highest BCUT2D eigenvalue weighted by Crippen LogP contribution is 2.39. The van der Waals surface area contributed by atoms with Gasteiger partial charge in [-0.1, -0.05) is 16.8 Å². The lowest BCUT2D eigenvalue weighted by Gasteiger charge is -2.37. The number of hydrogen-bond acceptors (Lipinski definition) is 5. The molecule has 0 aliphatic rings. The van der Waals surface area contributed by atoms with E-state index in [-0.39, 0.29) is 28.5 Å². The SMILES string of the molecule is Cc1cc(C[C@](N[S+]([O-])C(C)(C)C)(c2cc(F)cc(C(F)(F)F)c2)c2ccc(Cl)cn2)on1. The summed E-state index contributed by atoms with van der Waals surface area (Å²) in [5.41, 5.74) is -2.27. The molecule has 0 aliphatic carbocycles. The highest BCUT2D eigenvalue weighted by molar-refractivity contribution is 7.90. The Morgan fingerprint density at radius 1 is 1.09 bits per heavy atom. The maximum absolute atomic E-state index is 14.5. The maximum Gasteiger partial charge on any atom is 0.416 e. The number of aryl methyl sites for hydroxylation is 1. The van der Waals surface area contributed by atoms with Crippen LogP contribution in [0.5, 0.6) is 0 Å². The molecule has 0 saturated carbocycles. The van der Waals surface area contributed by atoms with Gasteiger partial charge in [0.15, 0.2) is 0 Å². The molecule has 2 aromatic heterocycles. The lowest BCUT2D eigenvalue weighted by molar-refractivity contribution is -0.137. The van der Waals surface area contributed by atoms with Crippen LogP contribution in [-0.2, 0) is 29.5 Å². The van der Waals surface area contributed by atoms with Crippen molar-refractivity contribution in [1.29, 1.82) is 0 Å². The van der Waals surface area contributed by atoms with Crippen molar-refractivity contribution < 1.29 is 26.6 Å². The van der Waals surface area contributed by atoms with Crippen LogP contribution in [-0.4, -0.2) is 19.4 Å². The highest BCUT2D eigenvalue weighted by atomic mass is 35.5. The molecule has 0 bridgehead atoms. The Labute approximate surface area is 196 Å². The van der Waals surface area contributed by atoms with Crippen LogP contribution in [0.3, 0.4) is 0 Å². The number of halogens is 5. The van der Waals surface area contributed by atoms with Crippen molar-refractivity contribution in [2.75, 3.05) is 0 Å². The van der Waals surface area contributed by atoms with Crippen LogP contribution in [0.15, 0.2) is 47.1 Å². The van der Waals surface area contributed by atoms with E-state index in [1.54, 1.807) is 33.8 Å². The number of benzene rings is 1. The number of nitrogens with one attached hydrogen (secondary N) is 1. The summed E-state index contributed by atoms with van der Waals surface area (Å²) in [6.45, 7) is 6.77. The second-order valence-corrected chi connectivity index (χ2v) is 11.0. The Balaban J connectivity index is 2.32. The molecular weight excluding hydrogens is 482 g/mol. The molecule has 0 amide bonds. The Morgan fingerprint density at radius 2 is 1.76 bits per heavy atom. The van der Waals surface area contributed by atoms with Gasteiger partial charge in [0.2, 0.25) is 0 Å². The molecule has 0 saturated heterocycles. The van der Waals surface area contributed by atoms with E-state index in [1.807, 2.05) is 0 Å². The summed E-state index contributed by atoms with van der Waals surface area (Å²) in [7, 11) is 0. The fourth-order valence-corrected chi connectivity index (χ4v) is 4.22. The van der Waals surface area contributed by atoms with Gasteiger partial charge in [-0.25, -0.2) is 4.39 Å². The number of aromatic nitrogens is 2. The standard InChI is InChI=1S/C22H22ClF4N3O2S/c1-13-7-18(32-29-13)11-21(30-33(31)20(2,3)4,19-6-5-16(23)12-28-19)14-8-15(22(25,26)27)10-17(24)9-14/h5-10,12,30H,11H2,1-4H3/t21-,33?/m0/s1. The minimum atomic E-state index is -4.80. The van der Waals surface area contributed by atoms with Crippen LogP contribution in [0.2, 0.25) is 5.02 Å². The third kappa shape index (κ3) is 5.87. The van der Waals surface area contributed by atoms with Gasteiger partial charge in [0.05, 0.1) is 22.0 Å². The van der Waals surface area contributed by atoms with E-state index in [0.29, 0.717) is 11.8 Å². The second-order valence-electron chi connectivity index (χ2n) is 8.59. The molecule has 3 aromatic rings. The Hall–Kier alpha value is -2.14. The zero-order valence-electron chi connectivity index (χ0n) is 18.3. The lowest BCUT2D eigenvalue weighted by atomic mass is 9.82. The summed E-state index contributed by atoms with van der Waals surface area (Å²) >= 11 is 4.18. The molecule has 33 heavy (non-hydrogen) atoms. The van der Waals surface area contributed by atoms with E-state index in [4.69, 9.17) is 16.1 Å². The van der Waals surface area contributed by atoms with E-state index in [1.165, 1.54) is 18.3 Å². The first-order valence-electron chi connectivity index (χ1n) is 9.83. The van der Waals surface area contributed by atoms with Crippen molar-refractivity contribution in [3.63, 3.8) is 0 Å². The van der Waals surface area contributed by atoms with Crippen molar-refractivity contribution >= 4 is 23.0 Å². The molecule has 1 aromatic carbocycles. The molecule has 178 valence electrons. The van der Waals surface area contributed by atoms with Crippen LogP contribution < -0.4 is 4.72 Å². The number of pyridine rings is 1. The van der Waals surface area contributed by atoms with Gasteiger partial charge in [-0.3, -0.25) is 4.98 Å². The summed E-state index contributed by atoms with van der Waals surface area (Å²) in [6, 6.07) is 6.75. The maximum atomic E-state index is 14.5. The van der Waals surface area contributed by atoms with Gasteiger partial charge in [0.1, 0.15) is 21.9 Å². The van der Waals surface area contributed by atoms with Crippen molar-refractivity contribution in [2.24, 2.45) is 0 Å². The smallest absolute Gasteiger partial charge is 0.416 e. The van der Waals surface area contributed by atoms with E-state index in [9.17, 15) is 22.1 Å². The normalized spacial score (nSPS) is 15.3. The van der Waals surface area contributed by atoms with Crippen molar-refractivity contribution in [3.8, 4) is 0 Å². The fourth-order valence-electron chi connectivity index (χ4n) is 3.19. The third-order valence-electron chi connectivity index (χ3n) is 4.82. The average molecular weight is 504 g/mol. The van der Waals surface area contributed by atoms with Crippen molar-refractivity contribution in [2.45, 2.75) is 50.6 Å². The predicted octanol–water partition coefficient (Wildman–Crippen LogP) is 5.73. The largest absolute Gasteiger partial charge is 0.598 e. The number of nitrogens with zero attached hydrogens (tertiary/aromatic N) is 2. The number of rotatable bonds is 6. The fraction of sp³-hybridized carbons (Fsp3) is 0.364. The molecule has 1 unspecified atom stereocenters. The lowest BCUT2D eigenvalue weighted by Crippen LogP contribution is -2.53. The van der Waals surface area contributed by atoms with E-state index in [0.717, 1.165) is 12.1 Å². The average Bonchev–Trinajstić information content (AvgIpc) is 3.10. The van der Waals surface area contributed by atoms with Crippen LogP contribution >= 0.6 is 11.6 Å². The minimum absolute atomic E-state index is 0.128. The van der Waals surface area contributed by atoms with E-state index < -0.39 is 39.2 Å². The molecule has 5 nitrogen and oxygen atoms in total. The molecule has 0 fully saturated rings. The number of alkyl halides is 3. The monoisotopic (exact) mass is 503 g/mol. The van der Waals surface area contributed by atoms with Gasteiger partial charge in [-0.05, 0) is 63.6 Å². The molecule has 0 radical (unpaired) electrons. The van der Waals surface area contributed by atoms with Gasteiger partial charge in [-0.2, -0.15) is 13.2 Å². The molecular formula is C22H22ClF4N3O2S. The van der Waals surface area contributed by atoms with Crippen LogP contribution in [0.1, 0.15) is 49.0 Å². The zero-order valence-corrected chi connectivity index (χ0v) is 19.8. The van der Waals surface area contributed by atoms with Gasteiger partial charge in [-0.15, -0.1) is 4.72 Å². The first-order chi connectivity index (χ1) is 15.2. The first kappa shape index (κ1) is 25.5. The summed E-state index contributed by atoms with van der Waals surface area (Å²) in [5, 5.41) is 4.12. The molecule has 0 spiro atoms. The van der Waals surface area contributed by atoms with Gasteiger partial charge < -0.3 is 9.08 Å². The Kier molecular flexibility index (Phi) is 7.14. The van der Waals surface area contributed by atoms with Crippen molar-refractivity contribution in [3.05, 3.63) is 81.7 Å². The van der Waals surface area contributed by atoms with Crippen LogP contribution in [0.25, 0.3) is 0 Å².